The van der Waals surface area contributed by atoms with Gasteiger partial charge in [0.05, 0.1) is 12.7 Å². The summed E-state index contributed by atoms with van der Waals surface area (Å²) in [5.41, 5.74) is 0. The molecule has 0 saturated carbocycles. The van der Waals surface area contributed by atoms with Crippen molar-refractivity contribution in [3.8, 4) is 0 Å². The van der Waals surface area contributed by atoms with Crippen molar-refractivity contribution in [2.24, 2.45) is 5.92 Å². The third-order valence-corrected chi connectivity index (χ3v) is 3.50. The largest absolute Gasteiger partial charge is 0.376 e. The average Bonchev–Trinajstić information content (AvgIpc) is 2.63. The zero-order chi connectivity index (χ0) is 11.4. The van der Waals surface area contributed by atoms with Gasteiger partial charge in [-0.25, -0.2) is 0 Å². The minimum atomic E-state index is 0.440. The predicted octanol–water partition coefficient (Wildman–Crippen LogP) is 2.92. The monoisotopic (exact) mass is 213 g/mol. The molecule has 2 aliphatic rings. The SMILES string of the molecule is CC.CC1CN2C(CCC2C(C)C)CO1. The van der Waals surface area contributed by atoms with Crippen molar-refractivity contribution in [3.05, 3.63) is 0 Å². The molecule has 90 valence electrons. The normalized spacial score (nSPS) is 36.0. The van der Waals surface area contributed by atoms with E-state index < -0.39 is 0 Å². The molecular weight excluding hydrogens is 186 g/mol. The lowest BCUT2D eigenvalue weighted by Crippen LogP contribution is -2.49. The van der Waals surface area contributed by atoms with Gasteiger partial charge in [0.25, 0.3) is 0 Å². The second-order valence-corrected chi connectivity index (χ2v) is 4.88. The fraction of sp³-hybridized carbons (Fsp3) is 1.00. The lowest BCUT2D eigenvalue weighted by molar-refractivity contribution is -0.0560. The summed E-state index contributed by atoms with van der Waals surface area (Å²) in [7, 11) is 0. The molecule has 2 fully saturated rings. The van der Waals surface area contributed by atoms with Crippen molar-refractivity contribution in [2.75, 3.05) is 13.2 Å². The molecule has 0 amide bonds. The highest BCUT2D eigenvalue weighted by Crippen LogP contribution is 2.31. The summed E-state index contributed by atoms with van der Waals surface area (Å²) in [6.07, 6.45) is 3.16. The molecule has 0 radical (unpaired) electrons. The van der Waals surface area contributed by atoms with Crippen LogP contribution >= 0.6 is 0 Å². The van der Waals surface area contributed by atoms with Gasteiger partial charge in [0.2, 0.25) is 0 Å². The van der Waals surface area contributed by atoms with Crippen LogP contribution in [0.5, 0.6) is 0 Å². The smallest absolute Gasteiger partial charge is 0.0674 e. The topological polar surface area (TPSA) is 12.5 Å². The highest BCUT2D eigenvalue weighted by atomic mass is 16.5. The molecule has 15 heavy (non-hydrogen) atoms. The number of morpholine rings is 1. The molecule has 0 spiro atoms. The highest BCUT2D eigenvalue weighted by Gasteiger charge is 2.38. The van der Waals surface area contributed by atoms with Crippen LogP contribution in [0.25, 0.3) is 0 Å². The third kappa shape index (κ3) is 2.94. The quantitative estimate of drug-likeness (QED) is 0.664. The maximum Gasteiger partial charge on any atom is 0.0674 e. The van der Waals surface area contributed by atoms with Crippen LogP contribution in [-0.2, 0) is 4.74 Å². The third-order valence-electron chi connectivity index (χ3n) is 3.50. The van der Waals surface area contributed by atoms with Crippen molar-refractivity contribution in [1.29, 1.82) is 0 Å². The molecule has 0 bridgehead atoms. The average molecular weight is 213 g/mol. The van der Waals surface area contributed by atoms with Gasteiger partial charge in [-0.3, -0.25) is 4.90 Å². The van der Waals surface area contributed by atoms with E-state index in [2.05, 4.69) is 25.7 Å². The molecular formula is C13H27NO. The first-order chi connectivity index (χ1) is 7.18. The first-order valence-corrected chi connectivity index (χ1v) is 6.56. The van der Waals surface area contributed by atoms with Gasteiger partial charge in [-0.15, -0.1) is 0 Å². The van der Waals surface area contributed by atoms with E-state index in [9.17, 15) is 0 Å². The zero-order valence-corrected chi connectivity index (χ0v) is 11.0. The number of rotatable bonds is 1. The van der Waals surface area contributed by atoms with Crippen LogP contribution in [-0.4, -0.2) is 36.2 Å². The Morgan fingerprint density at radius 2 is 1.87 bits per heavy atom. The van der Waals surface area contributed by atoms with Crippen molar-refractivity contribution < 1.29 is 4.74 Å². The molecule has 3 atom stereocenters. The van der Waals surface area contributed by atoms with Crippen LogP contribution in [0.2, 0.25) is 0 Å². The number of hydrogen-bond donors (Lipinski definition) is 0. The van der Waals surface area contributed by atoms with Crippen LogP contribution < -0.4 is 0 Å². The van der Waals surface area contributed by atoms with E-state index in [-0.39, 0.29) is 0 Å². The van der Waals surface area contributed by atoms with Gasteiger partial charge in [-0.1, -0.05) is 27.7 Å². The molecule has 0 aromatic carbocycles. The summed E-state index contributed by atoms with van der Waals surface area (Å²) in [6.45, 7) is 13.0. The van der Waals surface area contributed by atoms with Gasteiger partial charge < -0.3 is 4.74 Å². The maximum absolute atomic E-state index is 5.68. The Morgan fingerprint density at radius 1 is 1.20 bits per heavy atom. The lowest BCUT2D eigenvalue weighted by Gasteiger charge is -2.38. The maximum atomic E-state index is 5.68. The Morgan fingerprint density at radius 3 is 2.47 bits per heavy atom. The second-order valence-electron chi connectivity index (χ2n) is 4.88. The first-order valence-electron chi connectivity index (χ1n) is 6.56. The van der Waals surface area contributed by atoms with E-state index in [1.54, 1.807) is 0 Å². The minimum absolute atomic E-state index is 0.440. The summed E-state index contributed by atoms with van der Waals surface area (Å²) in [4.78, 5) is 2.68. The number of fused-ring (bicyclic) bond motifs is 1. The summed E-state index contributed by atoms with van der Waals surface area (Å²) in [6, 6.07) is 1.54. The van der Waals surface area contributed by atoms with Gasteiger partial charge in [-0.2, -0.15) is 0 Å². The predicted molar refractivity (Wildman–Crippen MR) is 65.1 cm³/mol. The van der Waals surface area contributed by atoms with E-state index in [0.717, 1.165) is 31.2 Å². The molecule has 3 unspecified atom stereocenters. The molecule has 2 aliphatic heterocycles. The van der Waals surface area contributed by atoms with E-state index in [1.165, 1.54) is 12.8 Å². The van der Waals surface area contributed by atoms with Crippen molar-refractivity contribution in [3.63, 3.8) is 0 Å². The standard InChI is InChI=1S/C11H21NO.C2H6/c1-8(2)11-5-4-10-7-13-9(3)6-12(10)11;1-2/h8-11H,4-7H2,1-3H3;1-2H3. The van der Waals surface area contributed by atoms with Crippen molar-refractivity contribution in [2.45, 2.75) is 65.6 Å². The molecule has 2 heteroatoms. The van der Waals surface area contributed by atoms with Gasteiger partial charge >= 0.3 is 0 Å². The fourth-order valence-electron chi connectivity index (χ4n) is 2.77. The second kappa shape index (κ2) is 5.86. The Balaban J connectivity index is 0.000000531. The van der Waals surface area contributed by atoms with Crippen LogP contribution in [0, 0.1) is 5.92 Å². The summed E-state index contributed by atoms with van der Waals surface area (Å²) >= 11 is 0. The van der Waals surface area contributed by atoms with Crippen LogP contribution in [0.15, 0.2) is 0 Å². The molecule has 0 N–H and O–H groups in total. The van der Waals surface area contributed by atoms with E-state index >= 15 is 0 Å². The number of ether oxygens (including phenoxy) is 1. The number of hydrogen-bond acceptors (Lipinski definition) is 2. The molecule has 0 aromatic heterocycles. The minimum Gasteiger partial charge on any atom is -0.376 e. The Hall–Kier alpha value is -0.0800. The van der Waals surface area contributed by atoms with E-state index in [1.807, 2.05) is 13.8 Å². The van der Waals surface area contributed by atoms with Gasteiger partial charge in [0.1, 0.15) is 0 Å². The Bertz CT molecular complexity index is 181. The Labute approximate surface area is 95.0 Å². The highest BCUT2D eigenvalue weighted by molar-refractivity contribution is 4.92. The van der Waals surface area contributed by atoms with E-state index in [0.29, 0.717) is 6.10 Å². The van der Waals surface area contributed by atoms with Gasteiger partial charge in [0, 0.05) is 18.6 Å². The summed E-state index contributed by atoms with van der Waals surface area (Å²) < 4.78 is 5.68. The fourth-order valence-corrected chi connectivity index (χ4v) is 2.77. The molecule has 2 saturated heterocycles. The molecule has 2 heterocycles. The van der Waals surface area contributed by atoms with Gasteiger partial charge in [0.15, 0.2) is 0 Å². The van der Waals surface area contributed by atoms with Crippen molar-refractivity contribution in [1.82, 2.24) is 4.90 Å². The van der Waals surface area contributed by atoms with Crippen LogP contribution in [0.4, 0.5) is 0 Å². The van der Waals surface area contributed by atoms with Crippen LogP contribution in [0.1, 0.15) is 47.5 Å². The number of nitrogens with zero attached hydrogens (tertiary/aromatic N) is 1. The lowest BCUT2D eigenvalue weighted by atomic mass is 10.0. The van der Waals surface area contributed by atoms with Crippen LogP contribution in [0.3, 0.4) is 0 Å². The van der Waals surface area contributed by atoms with Gasteiger partial charge in [-0.05, 0) is 25.7 Å². The summed E-state index contributed by atoms with van der Waals surface area (Å²) in [5.74, 6) is 0.801. The summed E-state index contributed by atoms with van der Waals surface area (Å²) in [5, 5.41) is 0. The van der Waals surface area contributed by atoms with Crippen molar-refractivity contribution >= 4 is 0 Å². The zero-order valence-electron chi connectivity index (χ0n) is 11.0. The molecule has 0 aliphatic carbocycles. The molecule has 2 nitrogen and oxygen atoms in total. The van der Waals surface area contributed by atoms with E-state index in [4.69, 9.17) is 4.74 Å². The molecule has 0 aromatic rings. The first kappa shape index (κ1) is 13.0. The Kier molecular flexibility index (Phi) is 5.07. The molecule has 2 rings (SSSR count).